The number of anilines is 1. The fourth-order valence-electron chi connectivity index (χ4n) is 1.01. The van der Waals surface area contributed by atoms with Crippen LogP contribution in [0, 0.1) is 10.1 Å². The van der Waals surface area contributed by atoms with E-state index in [2.05, 4.69) is 9.72 Å². The van der Waals surface area contributed by atoms with Crippen LogP contribution in [0.4, 0.5) is 24.5 Å². The molecule has 1 rings (SSSR count). The maximum absolute atomic E-state index is 12.1. The molecular formula is C6H3ClF3N3O5S. The van der Waals surface area contributed by atoms with Gasteiger partial charge >= 0.3 is 12.0 Å². The van der Waals surface area contributed by atoms with Crippen LogP contribution in [-0.4, -0.2) is 24.7 Å². The molecule has 0 radical (unpaired) electrons. The molecule has 1 aromatic heterocycles. The van der Waals surface area contributed by atoms with Crippen molar-refractivity contribution in [2.75, 3.05) is 5.73 Å². The second-order valence-corrected chi connectivity index (χ2v) is 5.42. The van der Waals surface area contributed by atoms with Gasteiger partial charge in [0, 0.05) is 10.7 Å². The van der Waals surface area contributed by atoms with Crippen molar-refractivity contribution in [3.05, 3.63) is 16.3 Å². The highest BCUT2D eigenvalue weighted by molar-refractivity contribution is 8.13. The molecule has 19 heavy (non-hydrogen) atoms. The number of ether oxygens (including phenoxy) is 1. The molecule has 0 aliphatic carbocycles. The highest BCUT2D eigenvalue weighted by atomic mass is 35.7. The Morgan fingerprint density at radius 1 is 1.47 bits per heavy atom. The van der Waals surface area contributed by atoms with Gasteiger partial charge in [0.2, 0.25) is 5.03 Å². The third-order valence-electron chi connectivity index (χ3n) is 1.66. The fraction of sp³-hybridized carbons (Fsp3) is 0.167. The number of nitro groups is 1. The maximum atomic E-state index is 12.1. The number of hydrogen-bond acceptors (Lipinski definition) is 7. The van der Waals surface area contributed by atoms with Gasteiger partial charge in [-0.15, -0.1) is 13.2 Å². The molecule has 106 valence electrons. The summed E-state index contributed by atoms with van der Waals surface area (Å²) < 4.78 is 61.7. The predicted octanol–water partition coefficient (Wildman–Crippen LogP) is 1.40. The molecule has 0 aromatic carbocycles. The first kappa shape index (κ1) is 15.2. The van der Waals surface area contributed by atoms with Crippen LogP contribution in [0.5, 0.6) is 5.75 Å². The summed E-state index contributed by atoms with van der Waals surface area (Å²) in [5.74, 6) is -1.54. The fourth-order valence-corrected chi connectivity index (χ4v) is 1.89. The molecule has 0 spiro atoms. The lowest BCUT2D eigenvalue weighted by Crippen LogP contribution is -2.20. The lowest BCUT2D eigenvalue weighted by atomic mass is 10.3. The van der Waals surface area contributed by atoms with Crippen LogP contribution in [0.25, 0.3) is 0 Å². The number of halogens is 4. The number of nitrogen functional groups attached to an aromatic ring is 1. The van der Waals surface area contributed by atoms with Crippen molar-refractivity contribution in [2.45, 2.75) is 11.4 Å². The van der Waals surface area contributed by atoms with Crippen LogP contribution < -0.4 is 10.5 Å². The number of pyridine rings is 1. The van der Waals surface area contributed by atoms with Gasteiger partial charge in [0.1, 0.15) is 6.20 Å². The maximum Gasteiger partial charge on any atom is 0.573 e. The van der Waals surface area contributed by atoms with Crippen LogP contribution in [0.3, 0.4) is 0 Å². The average molecular weight is 322 g/mol. The van der Waals surface area contributed by atoms with Crippen molar-refractivity contribution in [3.8, 4) is 5.75 Å². The first-order valence-corrected chi connectivity index (χ1v) is 6.37. The Bertz CT molecular complexity index is 632. The molecule has 0 bridgehead atoms. The van der Waals surface area contributed by atoms with Crippen molar-refractivity contribution in [1.82, 2.24) is 4.98 Å². The average Bonchev–Trinajstić information content (AvgIpc) is 2.16. The zero-order chi connectivity index (χ0) is 15.0. The summed E-state index contributed by atoms with van der Waals surface area (Å²) in [6.07, 6.45) is -4.98. The van der Waals surface area contributed by atoms with Crippen LogP contribution in [0.15, 0.2) is 11.2 Å². The monoisotopic (exact) mass is 321 g/mol. The number of nitrogens with zero attached hydrogens (tertiary/aromatic N) is 2. The molecule has 0 aliphatic heterocycles. The van der Waals surface area contributed by atoms with Crippen LogP contribution in [0.2, 0.25) is 0 Å². The molecule has 0 saturated heterocycles. The van der Waals surface area contributed by atoms with Crippen molar-refractivity contribution in [3.63, 3.8) is 0 Å². The van der Waals surface area contributed by atoms with Gasteiger partial charge in [-0.1, -0.05) is 0 Å². The van der Waals surface area contributed by atoms with Crippen molar-refractivity contribution >= 4 is 31.1 Å². The zero-order valence-corrected chi connectivity index (χ0v) is 10.1. The minimum atomic E-state index is -5.33. The summed E-state index contributed by atoms with van der Waals surface area (Å²) >= 11 is 0. The molecule has 0 saturated carbocycles. The van der Waals surface area contributed by atoms with E-state index in [1.165, 1.54) is 0 Å². The largest absolute Gasteiger partial charge is 0.573 e. The van der Waals surface area contributed by atoms with Gasteiger partial charge in [0.25, 0.3) is 9.05 Å². The quantitative estimate of drug-likeness (QED) is 0.506. The van der Waals surface area contributed by atoms with E-state index < -0.39 is 42.5 Å². The summed E-state index contributed by atoms with van der Waals surface area (Å²) in [6, 6.07) is 0. The molecule has 0 amide bonds. The molecule has 13 heteroatoms. The normalized spacial score (nSPS) is 12.2. The van der Waals surface area contributed by atoms with Crippen molar-refractivity contribution < 1.29 is 31.2 Å². The Morgan fingerprint density at radius 3 is 2.37 bits per heavy atom. The van der Waals surface area contributed by atoms with Crippen LogP contribution in [0.1, 0.15) is 0 Å². The molecule has 0 unspecified atom stereocenters. The summed E-state index contributed by atoms with van der Waals surface area (Å²) in [4.78, 5) is 12.3. The number of hydrogen-bond donors (Lipinski definition) is 1. The van der Waals surface area contributed by atoms with E-state index in [9.17, 15) is 31.7 Å². The number of rotatable bonds is 3. The Hall–Kier alpha value is -1.82. The molecular weight excluding hydrogens is 319 g/mol. The highest BCUT2D eigenvalue weighted by Gasteiger charge is 2.38. The standard InChI is InChI=1S/C6H3ClF3N3O5S/c7-19(16,17)5-4(18-6(8,9)10)3(11)2(1-12-5)13(14)15/h1H,(H2,11,12). The van der Waals surface area contributed by atoms with Gasteiger partial charge < -0.3 is 10.5 Å². The second-order valence-electron chi connectivity index (χ2n) is 2.93. The van der Waals surface area contributed by atoms with E-state index in [0.717, 1.165) is 0 Å². The summed E-state index contributed by atoms with van der Waals surface area (Å²) in [5, 5.41) is 9.10. The molecule has 1 heterocycles. The minimum absolute atomic E-state index is 0.355. The summed E-state index contributed by atoms with van der Waals surface area (Å²) in [5.41, 5.74) is 2.85. The Labute approximate surface area is 107 Å². The lowest BCUT2D eigenvalue weighted by molar-refractivity contribution is -0.384. The first-order valence-electron chi connectivity index (χ1n) is 4.06. The van der Waals surface area contributed by atoms with E-state index in [1.54, 1.807) is 0 Å². The molecule has 0 atom stereocenters. The Kier molecular flexibility index (Phi) is 3.77. The third kappa shape index (κ3) is 3.57. The van der Waals surface area contributed by atoms with Crippen LogP contribution in [-0.2, 0) is 9.05 Å². The van der Waals surface area contributed by atoms with Gasteiger partial charge in [-0.05, 0) is 0 Å². The highest BCUT2D eigenvalue weighted by Crippen LogP contribution is 2.39. The van der Waals surface area contributed by atoms with Crippen molar-refractivity contribution in [1.29, 1.82) is 0 Å². The lowest BCUT2D eigenvalue weighted by Gasteiger charge is -2.12. The van der Waals surface area contributed by atoms with E-state index >= 15 is 0 Å². The molecule has 0 fully saturated rings. The second kappa shape index (κ2) is 4.70. The topological polar surface area (TPSA) is 125 Å². The Morgan fingerprint density at radius 2 is 2.00 bits per heavy atom. The smallest absolute Gasteiger partial charge is 0.400 e. The van der Waals surface area contributed by atoms with Gasteiger partial charge in [0.15, 0.2) is 11.4 Å². The Balaban J connectivity index is 3.60. The molecule has 2 N–H and O–H groups in total. The van der Waals surface area contributed by atoms with E-state index in [4.69, 9.17) is 16.4 Å². The molecule has 0 aliphatic rings. The zero-order valence-electron chi connectivity index (χ0n) is 8.51. The number of aromatic nitrogens is 1. The van der Waals surface area contributed by atoms with Crippen molar-refractivity contribution in [2.24, 2.45) is 0 Å². The molecule has 8 nitrogen and oxygen atoms in total. The first-order chi connectivity index (χ1) is 8.43. The van der Waals surface area contributed by atoms with E-state index in [-0.39, 0.29) is 0 Å². The van der Waals surface area contributed by atoms with Gasteiger partial charge in [-0.3, -0.25) is 10.1 Å². The summed E-state index contributed by atoms with van der Waals surface area (Å²) in [6.45, 7) is 0. The van der Waals surface area contributed by atoms with E-state index in [0.29, 0.717) is 6.20 Å². The number of nitrogens with two attached hydrogens (primary N) is 1. The van der Waals surface area contributed by atoms with E-state index in [1.807, 2.05) is 0 Å². The number of alkyl halides is 3. The minimum Gasteiger partial charge on any atom is -0.400 e. The summed E-state index contributed by atoms with van der Waals surface area (Å²) in [7, 11) is 0.0961. The SMILES string of the molecule is Nc1c([N+](=O)[O-])cnc(S(=O)(=O)Cl)c1OC(F)(F)F. The predicted molar refractivity (Wildman–Crippen MR) is 55.0 cm³/mol. The third-order valence-corrected chi connectivity index (χ3v) is 2.86. The molecule has 1 aromatic rings. The van der Waals surface area contributed by atoms with Gasteiger partial charge in [-0.2, -0.15) is 0 Å². The van der Waals surface area contributed by atoms with Gasteiger partial charge in [0.05, 0.1) is 4.92 Å². The van der Waals surface area contributed by atoms with Gasteiger partial charge in [-0.25, -0.2) is 13.4 Å². The van der Waals surface area contributed by atoms with Crippen LogP contribution >= 0.6 is 10.7 Å².